The summed E-state index contributed by atoms with van der Waals surface area (Å²) in [6, 6.07) is 20.0. The van der Waals surface area contributed by atoms with Gasteiger partial charge >= 0.3 is 5.97 Å². The molecule has 43 heavy (non-hydrogen) atoms. The second-order valence-corrected chi connectivity index (χ2v) is 10.8. The van der Waals surface area contributed by atoms with Crippen LogP contribution in [0.1, 0.15) is 32.7 Å². The van der Waals surface area contributed by atoms with Gasteiger partial charge in [0.25, 0.3) is 11.5 Å². The third-order valence-corrected chi connectivity index (χ3v) is 8.03. The van der Waals surface area contributed by atoms with Crippen molar-refractivity contribution in [3.8, 4) is 5.75 Å². The van der Waals surface area contributed by atoms with Gasteiger partial charge in [-0.05, 0) is 85.3 Å². The zero-order chi connectivity index (χ0) is 30.3. The van der Waals surface area contributed by atoms with Gasteiger partial charge in [-0.1, -0.05) is 12.1 Å². The molecule has 0 unspecified atom stereocenters. The van der Waals surface area contributed by atoms with Crippen LogP contribution in [-0.4, -0.2) is 79.8 Å². The van der Waals surface area contributed by atoms with Crippen molar-refractivity contribution in [1.29, 1.82) is 0 Å². The van der Waals surface area contributed by atoms with E-state index in [9.17, 15) is 14.4 Å². The zero-order valence-electron chi connectivity index (χ0n) is 24.3. The molecule has 0 bridgehead atoms. The Balaban J connectivity index is 1.09. The standard InChI is InChI=1S/C32H35N5O5S/c1-41-26-11-9-25(10-12-26)36-18-16-35(17-19-36)15-3-14-33-29(38)23-6-4-22(5-7-23)21-37-30(39)27-13-8-24(31(40)42-2)20-28(27)34-32(37)43/h4-13,20H,3,14-19,21H2,1-2H3,(H,33,38)(H,34,43). The molecule has 11 heteroatoms. The lowest BCUT2D eigenvalue weighted by Gasteiger charge is -2.36. The number of esters is 1. The number of anilines is 1. The number of carbonyl (C=O) groups is 2. The van der Waals surface area contributed by atoms with E-state index >= 15 is 0 Å². The van der Waals surface area contributed by atoms with Gasteiger partial charge in [0, 0.05) is 44.0 Å². The first-order chi connectivity index (χ1) is 20.9. The summed E-state index contributed by atoms with van der Waals surface area (Å²) in [4.78, 5) is 45.5. The number of H-pyrrole nitrogens is 1. The molecule has 1 aliphatic rings. The number of nitrogens with one attached hydrogen (secondary N) is 2. The molecular weight excluding hydrogens is 566 g/mol. The summed E-state index contributed by atoms with van der Waals surface area (Å²) in [5, 5.41) is 3.42. The van der Waals surface area contributed by atoms with Crippen LogP contribution < -0.4 is 20.5 Å². The van der Waals surface area contributed by atoms with Gasteiger partial charge in [-0.15, -0.1) is 0 Å². The highest BCUT2D eigenvalue weighted by atomic mass is 32.1. The normalized spacial score (nSPS) is 13.6. The maximum absolute atomic E-state index is 13.1. The lowest BCUT2D eigenvalue weighted by molar-refractivity contribution is 0.0600. The third kappa shape index (κ3) is 7.12. The van der Waals surface area contributed by atoms with Gasteiger partial charge in [0.15, 0.2) is 4.77 Å². The molecule has 1 fully saturated rings. The van der Waals surface area contributed by atoms with Crippen molar-refractivity contribution < 1.29 is 19.1 Å². The van der Waals surface area contributed by atoms with Crippen molar-refractivity contribution in [2.75, 3.05) is 58.4 Å². The average Bonchev–Trinajstić information content (AvgIpc) is 3.05. The molecule has 0 radical (unpaired) electrons. The fourth-order valence-corrected chi connectivity index (χ4v) is 5.47. The second-order valence-electron chi connectivity index (χ2n) is 10.4. The molecule has 5 rings (SSSR count). The van der Waals surface area contributed by atoms with Crippen LogP contribution in [0.5, 0.6) is 5.75 Å². The number of aromatic nitrogens is 2. The number of amides is 1. The Bertz CT molecular complexity index is 1710. The summed E-state index contributed by atoms with van der Waals surface area (Å²) in [5.74, 6) is 0.244. The number of benzene rings is 3. The van der Waals surface area contributed by atoms with Gasteiger partial charge in [-0.25, -0.2) is 4.79 Å². The second kappa shape index (κ2) is 13.7. The van der Waals surface area contributed by atoms with E-state index < -0.39 is 5.97 Å². The van der Waals surface area contributed by atoms with Crippen LogP contribution in [0.25, 0.3) is 10.9 Å². The first-order valence-electron chi connectivity index (χ1n) is 14.2. The molecule has 1 amide bonds. The SMILES string of the molecule is COC(=O)c1ccc2c(=O)n(Cc3ccc(C(=O)NCCCN4CCN(c5ccc(OC)cc5)CC4)cc3)c(=S)[nH]c2c1. The Hall–Kier alpha value is -4.48. The summed E-state index contributed by atoms with van der Waals surface area (Å²) in [7, 11) is 2.98. The monoisotopic (exact) mass is 601 g/mol. The van der Waals surface area contributed by atoms with E-state index in [0.717, 1.165) is 50.5 Å². The fraction of sp³-hybridized carbons (Fsp3) is 0.312. The molecule has 4 aromatic rings. The summed E-state index contributed by atoms with van der Waals surface area (Å²) >= 11 is 5.43. The molecule has 224 valence electrons. The Morgan fingerprint density at radius 3 is 2.30 bits per heavy atom. The topological polar surface area (TPSA) is 109 Å². The number of piperazine rings is 1. The molecule has 2 N–H and O–H groups in total. The van der Waals surface area contributed by atoms with E-state index in [1.54, 1.807) is 37.4 Å². The lowest BCUT2D eigenvalue weighted by atomic mass is 10.1. The minimum absolute atomic E-state index is 0.127. The Kier molecular flexibility index (Phi) is 9.53. The quantitative estimate of drug-likeness (QED) is 0.160. The molecule has 2 heterocycles. The minimum Gasteiger partial charge on any atom is -0.497 e. The molecule has 1 aromatic heterocycles. The van der Waals surface area contributed by atoms with E-state index in [-0.39, 0.29) is 22.8 Å². The number of ether oxygens (including phenoxy) is 2. The maximum atomic E-state index is 13.1. The fourth-order valence-electron chi connectivity index (χ4n) is 5.22. The molecule has 0 atom stereocenters. The molecule has 0 saturated carbocycles. The molecule has 10 nitrogen and oxygen atoms in total. The van der Waals surface area contributed by atoms with Crippen LogP contribution in [0.3, 0.4) is 0 Å². The summed E-state index contributed by atoms with van der Waals surface area (Å²) in [6.45, 7) is 5.69. The zero-order valence-corrected chi connectivity index (χ0v) is 25.1. The Labute approximate surface area is 254 Å². The van der Waals surface area contributed by atoms with Gasteiger partial charge in [0.2, 0.25) is 0 Å². The van der Waals surface area contributed by atoms with Crippen molar-refractivity contribution >= 4 is 40.7 Å². The summed E-state index contributed by atoms with van der Waals surface area (Å²) in [6.07, 6.45) is 0.872. The van der Waals surface area contributed by atoms with Crippen LogP contribution in [-0.2, 0) is 11.3 Å². The first kappa shape index (κ1) is 30.0. The van der Waals surface area contributed by atoms with Gasteiger partial charge in [-0.2, -0.15) is 0 Å². The molecule has 3 aromatic carbocycles. The predicted octanol–water partition coefficient (Wildman–Crippen LogP) is 3.84. The van der Waals surface area contributed by atoms with Crippen LogP contribution in [0.4, 0.5) is 5.69 Å². The van der Waals surface area contributed by atoms with Gasteiger partial charge in [0.1, 0.15) is 5.75 Å². The molecule has 0 aliphatic carbocycles. The molecule has 1 saturated heterocycles. The maximum Gasteiger partial charge on any atom is 0.337 e. The third-order valence-electron chi connectivity index (χ3n) is 7.71. The number of nitrogens with zero attached hydrogens (tertiary/aromatic N) is 3. The number of hydrogen-bond donors (Lipinski definition) is 2. The molecule has 0 spiro atoms. The number of methoxy groups -OCH3 is 2. The van der Waals surface area contributed by atoms with E-state index in [0.29, 0.717) is 28.6 Å². The van der Waals surface area contributed by atoms with Crippen LogP contribution in [0, 0.1) is 4.77 Å². The van der Waals surface area contributed by atoms with E-state index in [4.69, 9.17) is 21.7 Å². The Morgan fingerprint density at radius 2 is 1.63 bits per heavy atom. The van der Waals surface area contributed by atoms with Crippen LogP contribution in [0.2, 0.25) is 0 Å². The highest BCUT2D eigenvalue weighted by Crippen LogP contribution is 2.20. The minimum atomic E-state index is -0.491. The molecular formula is C32H35N5O5S. The largest absolute Gasteiger partial charge is 0.497 e. The van der Waals surface area contributed by atoms with Gasteiger partial charge in [-0.3, -0.25) is 19.1 Å². The van der Waals surface area contributed by atoms with E-state index in [1.807, 2.05) is 24.3 Å². The van der Waals surface area contributed by atoms with E-state index in [2.05, 4.69) is 32.2 Å². The first-order valence-corrected chi connectivity index (χ1v) is 14.6. The van der Waals surface area contributed by atoms with Gasteiger partial charge < -0.3 is 24.7 Å². The summed E-state index contributed by atoms with van der Waals surface area (Å²) < 4.78 is 11.7. The highest BCUT2D eigenvalue weighted by molar-refractivity contribution is 7.71. The average molecular weight is 602 g/mol. The van der Waals surface area contributed by atoms with Gasteiger partial charge in [0.05, 0.1) is 37.2 Å². The number of fused-ring (bicyclic) bond motifs is 1. The van der Waals surface area contributed by atoms with Crippen LogP contribution >= 0.6 is 12.2 Å². The van der Waals surface area contributed by atoms with Crippen LogP contribution in [0.15, 0.2) is 71.5 Å². The number of hydrogen-bond acceptors (Lipinski definition) is 8. The van der Waals surface area contributed by atoms with E-state index in [1.165, 1.54) is 17.4 Å². The van der Waals surface area contributed by atoms with Crippen molar-refractivity contribution in [2.24, 2.45) is 0 Å². The van der Waals surface area contributed by atoms with Crippen molar-refractivity contribution in [2.45, 2.75) is 13.0 Å². The van der Waals surface area contributed by atoms with Crippen molar-refractivity contribution in [3.05, 3.63) is 98.5 Å². The van der Waals surface area contributed by atoms with Crippen molar-refractivity contribution in [1.82, 2.24) is 19.8 Å². The van der Waals surface area contributed by atoms with Crippen molar-refractivity contribution in [3.63, 3.8) is 0 Å². The Morgan fingerprint density at radius 1 is 0.930 bits per heavy atom. The highest BCUT2D eigenvalue weighted by Gasteiger charge is 2.17. The summed E-state index contributed by atoms with van der Waals surface area (Å²) in [5.41, 5.74) is 3.13. The predicted molar refractivity (Wildman–Crippen MR) is 169 cm³/mol. The number of carbonyl (C=O) groups excluding carboxylic acids is 2. The number of aromatic amines is 1. The molecule has 1 aliphatic heterocycles. The number of rotatable bonds is 10. The lowest BCUT2D eigenvalue weighted by Crippen LogP contribution is -2.47. The smallest absolute Gasteiger partial charge is 0.337 e.